The lowest BCUT2D eigenvalue weighted by molar-refractivity contribution is 0.206. The van der Waals surface area contributed by atoms with Crippen LogP contribution in [0.4, 0.5) is 0 Å². The molecule has 1 saturated heterocycles. The molecule has 4 nitrogen and oxygen atoms in total. The first-order valence-electron chi connectivity index (χ1n) is 7.12. The van der Waals surface area contributed by atoms with E-state index in [0.717, 1.165) is 28.7 Å². The maximum atomic E-state index is 5.88. The monoisotopic (exact) mass is 323 g/mol. The summed E-state index contributed by atoms with van der Waals surface area (Å²) < 4.78 is 5.46. The van der Waals surface area contributed by atoms with E-state index in [1.165, 1.54) is 12.8 Å². The number of rotatable bonds is 4. The molecule has 2 aromatic rings. The van der Waals surface area contributed by atoms with Crippen LogP contribution in [0, 0.1) is 0 Å². The van der Waals surface area contributed by atoms with Crippen molar-refractivity contribution >= 4 is 23.4 Å². The molecule has 1 unspecified atom stereocenters. The summed E-state index contributed by atoms with van der Waals surface area (Å²) in [4.78, 5) is 5.70. The molecule has 112 valence electrons. The highest BCUT2D eigenvalue weighted by Gasteiger charge is 2.34. The van der Waals surface area contributed by atoms with Crippen LogP contribution in [0.25, 0.3) is 0 Å². The molecule has 6 heteroatoms. The van der Waals surface area contributed by atoms with E-state index >= 15 is 0 Å². The number of aromatic nitrogens is 2. The summed E-state index contributed by atoms with van der Waals surface area (Å²) in [5, 5.41) is 8.33. The van der Waals surface area contributed by atoms with Crippen molar-refractivity contribution in [2.75, 3.05) is 6.54 Å². The lowest BCUT2D eigenvalue weighted by Crippen LogP contribution is -2.43. The van der Waals surface area contributed by atoms with E-state index in [9.17, 15) is 0 Å². The Kier molecular flexibility index (Phi) is 4.52. The molecule has 0 amide bonds. The molecular weight excluding hydrogens is 306 g/mol. The van der Waals surface area contributed by atoms with Crippen molar-refractivity contribution in [3.05, 3.63) is 41.0 Å². The third-order valence-electron chi connectivity index (χ3n) is 3.74. The molecule has 21 heavy (non-hydrogen) atoms. The minimum absolute atomic E-state index is 0.172. The molecule has 1 fully saturated rings. The van der Waals surface area contributed by atoms with Gasteiger partial charge in [0.15, 0.2) is 5.82 Å². The minimum Gasteiger partial charge on any atom is -0.337 e. The molecule has 0 bridgehead atoms. The fourth-order valence-corrected chi connectivity index (χ4v) is 3.32. The zero-order valence-electron chi connectivity index (χ0n) is 11.9. The summed E-state index contributed by atoms with van der Waals surface area (Å²) in [7, 11) is 0. The van der Waals surface area contributed by atoms with E-state index in [1.807, 2.05) is 24.3 Å². The van der Waals surface area contributed by atoms with E-state index in [-0.39, 0.29) is 5.54 Å². The Bertz CT molecular complexity index is 593. The van der Waals surface area contributed by atoms with Gasteiger partial charge in [-0.25, -0.2) is 0 Å². The van der Waals surface area contributed by atoms with Crippen molar-refractivity contribution in [2.45, 2.75) is 42.4 Å². The van der Waals surface area contributed by atoms with Gasteiger partial charge in [-0.05, 0) is 57.0 Å². The van der Waals surface area contributed by atoms with Gasteiger partial charge < -0.3 is 9.84 Å². The Morgan fingerprint density at radius 3 is 2.86 bits per heavy atom. The number of thioether (sulfide) groups is 1. The molecule has 0 aliphatic carbocycles. The Labute approximate surface area is 133 Å². The van der Waals surface area contributed by atoms with Crippen LogP contribution in [0.5, 0.6) is 0 Å². The van der Waals surface area contributed by atoms with Gasteiger partial charge in [-0.3, -0.25) is 0 Å². The fraction of sp³-hybridized carbons (Fsp3) is 0.467. The summed E-state index contributed by atoms with van der Waals surface area (Å²) in [5.41, 5.74) is -0.172. The maximum Gasteiger partial charge on any atom is 0.246 e. The average molecular weight is 324 g/mol. The Hall–Kier alpha value is -1.04. The predicted octanol–water partition coefficient (Wildman–Crippen LogP) is 4.00. The molecule has 1 aliphatic heterocycles. The first kappa shape index (κ1) is 14.9. The molecule has 1 atom stereocenters. The lowest BCUT2D eigenvalue weighted by atomic mass is 9.91. The quantitative estimate of drug-likeness (QED) is 0.862. The topological polar surface area (TPSA) is 51.0 Å². The van der Waals surface area contributed by atoms with Crippen LogP contribution in [0.3, 0.4) is 0 Å². The summed E-state index contributed by atoms with van der Waals surface area (Å²) in [5.74, 6) is 2.13. The van der Waals surface area contributed by atoms with Gasteiger partial charge in [0.2, 0.25) is 5.89 Å². The van der Waals surface area contributed by atoms with E-state index < -0.39 is 0 Å². The van der Waals surface area contributed by atoms with Gasteiger partial charge in [-0.15, -0.1) is 11.8 Å². The van der Waals surface area contributed by atoms with Gasteiger partial charge in [0.25, 0.3) is 0 Å². The van der Waals surface area contributed by atoms with Gasteiger partial charge in [0.1, 0.15) is 0 Å². The number of hydrogen-bond donors (Lipinski definition) is 1. The van der Waals surface area contributed by atoms with E-state index in [2.05, 4.69) is 22.4 Å². The second kappa shape index (κ2) is 6.38. The SMILES string of the molecule is CC1(c2nc(CSc3ccc(Cl)cc3)no2)CCCCN1. The molecule has 1 aliphatic rings. The molecule has 1 N–H and O–H groups in total. The highest BCUT2D eigenvalue weighted by atomic mass is 35.5. The second-order valence-electron chi connectivity index (χ2n) is 5.47. The number of halogens is 1. The molecule has 3 rings (SSSR count). The zero-order valence-corrected chi connectivity index (χ0v) is 13.5. The largest absolute Gasteiger partial charge is 0.337 e. The van der Waals surface area contributed by atoms with E-state index in [1.54, 1.807) is 11.8 Å². The molecule has 0 radical (unpaired) electrons. The molecule has 1 aromatic carbocycles. The Balaban J connectivity index is 1.63. The van der Waals surface area contributed by atoms with Crippen LogP contribution in [0.2, 0.25) is 5.02 Å². The third kappa shape index (κ3) is 3.59. The highest BCUT2D eigenvalue weighted by Crippen LogP contribution is 2.29. The van der Waals surface area contributed by atoms with E-state index in [4.69, 9.17) is 16.1 Å². The molecule has 0 saturated carbocycles. The summed E-state index contributed by atoms with van der Waals surface area (Å²) >= 11 is 7.55. The number of nitrogens with zero attached hydrogens (tertiary/aromatic N) is 2. The van der Waals surface area contributed by atoms with Crippen molar-refractivity contribution in [1.82, 2.24) is 15.5 Å². The standard InChI is InChI=1S/C15H18ClN3OS/c1-15(8-2-3-9-17-15)14-18-13(19-20-14)10-21-12-6-4-11(16)5-7-12/h4-7,17H,2-3,8-10H2,1H3. The van der Waals surface area contributed by atoms with Gasteiger partial charge in [-0.1, -0.05) is 16.8 Å². The number of benzene rings is 1. The van der Waals surface area contributed by atoms with Gasteiger partial charge in [0.05, 0.1) is 11.3 Å². The van der Waals surface area contributed by atoms with Crippen molar-refractivity contribution in [3.8, 4) is 0 Å². The summed E-state index contributed by atoms with van der Waals surface area (Å²) in [6.07, 6.45) is 3.45. The summed E-state index contributed by atoms with van der Waals surface area (Å²) in [6.45, 7) is 3.14. The molecule has 1 aromatic heterocycles. The van der Waals surface area contributed by atoms with Gasteiger partial charge >= 0.3 is 0 Å². The maximum absolute atomic E-state index is 5.88. The first-order chi connectivity index (χ1) is 10.2. The minimum atomic E-state index is -0.172. The smallest absolute Gasteiger partial charge is 0.246 e. The van der Waals surface area contributed by atoms with Crippen molar-refractivity contribution in [2.24, 2.45) is 0 Å². The van der Waals surface area contributed by atoms with Gasteiger partial charge in [0, 0.05) is 9.92 Å². The lowest BCUT2D eigenvalue weighted by Gasteiger charge is -2.31. The van der Waals surface area contributed by atoms with Crippen LogP contribution in [0.15, 0.2) is 33.7 Å². The number of hydrogen-bond acceptors (Lipinski definition) is 5. The second-order valence-corrected chi connectivity index (χ2v) is 6.96. The van der Waals surface area contributed by atoms with Gasteiger partial charge in [-0.2, -0.15) is 4.98 Å². The Morgan fingerprint density at radius 1 is 1.33 bits per heavy atom. The fourth-order valence-electron chi connectivity index (χ4n) is 2.45. The third-order valence-corrected chi connectivity index (χ3v) is 5.00. The molecular formula is C15H18ClN3OS. The van der Waals surface area contributed by atoms with Crippen molar-refractivity contribution < 1.29 is 4.52 Å². The average Bonchev–Trinajstić information content (AvgIpc) is 2.97. The normalized spacial score (nSPS) is 22.4. The highest BCUT2D eigenvalue weighted by molar-refractivity contribution is 7.98. The molecule has 0 spiro atoms. The van der Waals surface area contributed by atoms with E-state index in [0.29, 0.717) is 11.6 Å². The molecule has 2 heterocycles. The number of nitrogens with one attached hydrogen (secondary N) is 1. The van der Waals surface area contributed by atoms with Crippen molar-refractivity contribution in [1.29, 1.82) is 0 Å². The zero-order chi connectivity index (χ0) is 14.7. The van der Waals surface area contributed by atoms with Crippen LogP contribution >= 0.6 is 23.4 Å². The van der Waals surface area contributed by atoms with Crippen LogP contribution in [-0.2, 0) is 11.3 Å². The van der Waals surface area contributed by atoms with Crippen LogP contribution < -0.4 is 5.32 Å². The summed E-state index contributed by atoms with van der Waals surface area (Å²) in [6, 6.07) is 7.77. The predicted molar refractivity (Wildman–Crippen MR) is 84.5 cm³/mol. The Morgan fingerprint density at radius 2 is 2.14 bits per heavy atom. The first-order valence-corrected chi connectivity index (χ1v) is 8.48. The number of piperidine rings is 1. The van der Waals surface area contributed by atoms with Crippen LogP contribution in [0.1, 0.15) is 37.9 Å². The van der Waals surface area contributed by atoms with Crippen LogP contribution in [-0.4, -0.2) is 16.7 Å². The van der Waals surface area contributed by atoms with Crippen molar-refractivity contribution in [3.63, 3.8) is 0 Å².